The Hall–Kier alpha value is -2.22. The van der Waals surface area contributed by atoms with Crippen molar-refractivity contribution in [3.05, 3.63) is 74.6 Å². The fraction of sp³-hybridized carbons (Fsp3) is 0.111. The molecule has 6 heteroatoms. The number of halogens is 2. The van der Waals surface area contributed by atoms with E-state index in [9.17, 15) is 24.2 Å². The van der Waals surface area contributed by atoms with Crippen molar-refractivity contribution in [2.45, 2.75) is 6.42 Å². The van der Waals surface area contributed by atoms with Crippen LogP contribution in [0.1, 0.15) is 11.1 Å². The van der Waals surface area contributed by atoms with Crippen LogP contribution in [-0.4, -0.2) is 22.2 Å². The second kappa shape index (κ2) is 8.05. The molecule has 0 aromatic heterocycles. The molecule has 0 aliphatic heterocycles. The maximum absolute atomic E-state index is 13.0. The molecule has 125 valence electrons. The number of hydrogen-bond acceptors (Lipinski definition) is 2. The van der Waals surface area contributed by atoms with Crippen molar-refractivity contribution >= 4 is 18.0 Å². The standard InChI is InChI=1S/C18H14FIO4/c19-13-5-1-11(2-6-13)9-15(17(21)22)16(18(23)24)10-12-3-7-14(20)8-4-12/h1-9,16H,10H2,(H,21,22)(H,23,24)/q-1/b15-9-. The molecule has 24 heavy (non-hydrogen) atoms. The predicted molar refractivity (Wildman–Crippen MR) is 82.0 cm³/mol. The van der Waals surface area contributed by atoms with Crippen molar-refractivity contribution in [1.82, 2.24) is 0 Å². The van der Waals surface area contributed by atoms with Crippen LogP contribution < -0.4 is 22.6 Å². The van der Waals surface area contributed by atoms with Gasteiger partial charge in [-0.05, 0) is 35.8 Å². The largest absolute Gasteiger partial charge is 0.759 e. The lowest BCUT2D eigenvalue weighted by atomic mass is 9.90. The van der Waals surface area contributed by atoms with E-state index in [-0.39, 0.29) is 12.0 Å². The first-order valence-electron chi connectivity index (χ1n) is 7.04. The number of benzene rings is 2. The summed E-state index contributed by atoms with van der Waals surface area (Å²) in [7, 11) is 0. The van der Waals surface area contributed by atoms with Crippen molar-refractivity contribution in [3.8, 4) is 0 Å². The molecule has 2 aromatic rings. The minimum absolute atomic E-state index is 0.0611. The number of carboxylic acid groups (broad SMARTS) is 2. The van der Waals surface area contributed by atoms with Crippen molar-refractivity contribution < 1.29 is 46.8 Å². The average Bonchev–Trinajstić information content (AvgIpc) is 2.54. The Morgan fingerprint density at radius 1 is 1.04 bits per heavy atom. The SMILES string of the molecule is O=C(O)/C(=C\c1ccc(F)cc1)C(Cc1ccc([I-])cc1)C(=O)O. The van der Waals surface area contributed by atoms with Crippen LogP contribution in [0.4, 0.5) is 4.39 Å². The van der Waals surface area contributed by atoms with E-state index in [1.807, 2.05) is 12.1 Å². The summed E-state index contributed by atoms with van der Waals surface area (Å²) in [5.41, 5.74) is 0.921. The Labute approximate surface area is 151 Å². The summed E-state index contributed by atoms with van der Waals surface area (Å²) in [5.74, 6) is -4.17. The molecule has 4 nitrogen and oxygen atoms in total. The third-order valence-electron chi connectivity index (χ3n) is 3.47. The Morgan fingerprint density at radius 3 is 2.12 bits per heavy atom. The lowest BCUT2D eigenvalue weighted by molar-refractivity contribution is -0.328. The van der Waals surface area contributed by atoms with E-state index in [2.05, 4.69) is 22.6 Å². The maximum atomic E-state index is 13.0. The van der Waals surface area contributed by atoms with E-state index in [4.69, 9.17) is 0 Å². The monoisotopic (exact) mass is 440 g/mol. The summed E-state index contributed by atoms with van der Waals surface area (Å²) in [6.07, 6.45) is 1.33. The molecule has 0 fully saturated rings. The Bertz CT molecular complexity index is 767. The molecule has 0 aliphatic rings. The molecule has 1 atom stereocenters. The van der Waals surface area contributed by atoms with Gasteiger partial charge in [0.25, 0.3) is 0 Å². The first-order chi connectivity index (χ1) is 11.4. The van der Waals surface area contributed by atoms with Crippen LogP contribution >= 0.6 is 0 Å². The first-order valence-corrected chi connectivity index (χ1v) is 8.12. The summed E-state index contributed by atoms with van der Waals surface area (Å²) < 4.78 is 14.0. The molecular weight excluding hydrogens is 426 g/mol. The number of carboxylic acids is 2. The van der Waals surface area contributed by atoms with Crippen LogP contribution in [0.3, 0.4) is 0 Å². The van der Waals surface area contributed by atoms with Crippen LogP contribution in [0.2, 0.25) is 0 Å². The van der Waals surface area contributed by atoms with Gasteiger partial charge in [-0.25, -0.2) is 9.18 Å². The van der Waals surface area contributed by atoms with Crippen molar-refractivity contribution in [1.29, 1.82) is 0 Å². The highest BCUT2D eigenvalue weighted by molar-refractivity contribution is 5.98. The molecule has 0 spiro atoms. The van der Waals surface area contributed by atoms with E-state index < -0.39 is 23.7 Å². The fourth-order valence-corrected chi connectivity index (χ4v) is 2.60. The van der Waals surface area contributed by atoms with Gasteiger partial charge in [0.15, 0.2) is 0 Å². The molecule has 0 aliphatic carbocycles. The van der Waals surface area contributed by atoms with E-state index in [0.717, 1.165) is 9.13 Å². The summed E-state index contributed by atoms with van der Waals surface area (Å²) in [5, 5.41) is 18.9. The Morgan fingerprint density at radius 2 is 1.62 bits per heavy atom. The van der Waals surface area contributed by atoms with Gasteiger partial charge in [-0.2, -0.15) is 3.57 Å². The molecule has 0 bridgehead atoms. The fourth-order valence-electron chi connectivity index (χ4n) is 2.24. The molecule has 0 amide bonds. The predicted octanol–water partition coefficient (Wildman–Crippen LogP) is -0.0399. The van der Waals surface area contributed by atoms with Crippen molar-refractivity contribution in [2.24, 2.45) is 5.92 Å². The van der Waals surface area contributed by atoms with E-state index in [1.54, 1.807) is 12.1 Å². The molecular formula is C18H14FIO4-. The van der Waals surface area contributed by atoms with Crippen molar-refractivity contribution in [3.63, 3.8) is 0 Å². The highest BCUT2D eigenvalue weighted by Gasteiger charge is 2.27. The third-order valence-corrected chi connectivity index (χ3v) is 4.18. The molecule has 1 radical (unpaired) electrons. The minimum Gasteiger partial charge on any atom is -0.759 e. The smallest absolute Gasteiger partial charge is 0.332 e. The zero-order valence-corrected chi connectivity index (χ0v) is 14.6. The molecule has 0 saturated carbocycles. The average molecular weight is 440 g/mol. The van der Waals surface area contributed by atoms with Gasteiger partial charge in [-0.1, -0.05) is 36.4 Å². The van der Waals surface area contributed by atoms with Gasteiger partial charge in [0.05, 0.1) is 11.5 Å². The van der Waals surface area contributed by atoms with Gasteiger partial charge >= 0.3 is 11.9 Å². The van der Waals surface area contributed by atoms with E-state index in [1.165, 1.54) is 30.3 Å². The third kappa shape index (κ3) is 4.89. The lowest BCUT2D eigenvalue weighted by Crippen LogP contribution is -3.34. The summed E-state index contributed by atoms with van der Waals surface area (Å²) in [6.45, 7) is 0. The number of aliphatic carboxylic acids is 2. The summed E-state index contributed by atoms with van der Waals surface area (Å²) in [6, 6.07) is 12.4. The van der Waals surface area contributed by atoms with Crippen LogP contribution in [0, 0.1) is 15.3 Å². The van der Waals surface area contributed by atoms with Gasteiger partial charge < -0.3 is 32.8 Å². The summed E-state index contributed by atoms with van der Waals surface area (Å²) in [4.78, 5) is 23.1. The molecule has 1 unspecified atom stereocenters. The second-order valence-corrected chi connectivity index (χ2v) is 6.42. The Balaban J connectivity index is 2.36. The van der Waals surface area contributed by atoms with Gasteiger partial charge in [-0.3, -0.25) is 4.79 Å². The van der Waals surface area contributed by atoms with Gasteiger partial charge in [-0.15, -0.1) is 0 Å². The highest BCUT2D eigenvalue weighted by Crippen LogP contribution is 2.21. The van der Waals surface area contributed by atoms with Crippen LogP contribution in [0.5, 0.6) is 0 Å². The first kappa shape index (κ1) is 18.1. The lowest BCUT2D eigenvalue weighted by Gasteiger charge is -2.15. The Kier molecular flexibility index (Phi) is 6.08. The molecule has 2 rings (SSSR count). The molecule has 0 saturated heterocycles. The van der Waals surface area contributed by atoms with Crippen LogP contribution in [0.25, 0.3) is 6.08 Å². The van der Waals surface area contributed by atoms with Crippen LogP contribution in [0.15, 0.2) is 54.1 Å². The van der Waals surface area contributed by atoms with E-state index >= 15 is 0 Å². The molecule has 0 heterocycles. The van der Waals surface area contributed by atoms with E-state index in [0.29, 0.717) is 5.56 Å². The quantitative estimate of drug-likeness (QED) is 0.489. The van der Waals surface area contributed by atoms with Gasteiger partial charge in [0.2, 0.25) is 0 Å². The van der Waals surface area contributed by atoms with Gasteiger partial charge in [0.1, 0.15) is 5.82 Å². The summed E-state index contributed by atoms with van der Waals surface area (Å²) >= 11 is 2.13. The minimum atomic E-state index is -1.31. The zero-order valence-electron chi connectivity index (χ0n) is 12.4. The van der Waals surface area contributed by atoms with Crippen molar-refractivity contribution in [2.75, 3.05) is 0 Å². The zero-order chi connectivity index (χ0) is 17.7. The number of hydrogen-bond donors (Lipinski definition) is 2. The second-order valence-electron chi connectivity index (χ2n) is 5.18. The van der Waals surface area contributed by atoms with Crippen LogP contribution in [-0.2, 0) is 16.0 Å². The highest BCUT2D eigenvalue weighted by atomic mass is 127. The molecule has 2 aromatic carbocycles. The molecule has 2 N–H and O–H groups in total. The topological polar surface area (TPSA) is 74.6 Å². The normalized spacial score (nSPS) is 12.7. The number of carbonyl (C=O) groups is 2. The van der Waals surface area contributed by atoms with Gasteiger partial charge in [0, 0.05) is 0 Å². The maximum Gasteiger partial charge on any atom is 0.332 e. The number of rotatable bonds is 6.